The van der Waals surface area contributed by atoms with Crippen molar-refractivity contribution >= 4 is 16.6 Å². The summed E-state index contributed by atoms with van der Waals surface area (Å²) >= 11 is 0. The van der Waals surface area contributed by atoms with Crippen molar-refractivity contribution in [2.75, 3.05) is 7.11 Å². The zero-order valence-corrected chi connectivity index (χ0v) is 16.0. The van der Waals surface area contributed by atoms with Gasteiger partial charge in [-0.1, -0.05) is 24.3 Å². The first-order valence-electron chi connectivity index (χ1n) is 9.27. The van der Waals surface area contributed by atoms with Crippen LogP contribution in [0, 0.1) is 6.92 Å². The lowest BCUT2D eigenvalue weighted by molar-refractivity contribution is 0.415. The Labute approximate surface area is 166 Å². The maximum Gasteiger partial charge on any atom is 0.198 e. The maximum absolute atomic E-state index is 12.7. The maximum atomic E-state index is 12.7. The van der Waals surface area contributed by atoms with E-state index in [0.29, 0.717) is 28.1 Å². The van der Waals surface area contributed by atoms with E-state index < -0.39 is 0 Å². The van der Waals surface area contributed by atoms with Gasteiger partial charge in [0.1, 0.15) is 5.75 Å². The van der Waals surface area contributed by atoms with E-state index in [4.69, 9.17) is 4.74 Å². The molecule has 0 aliphatic rings. The minimum absolute atomic E-state index is 0.00900. The van der Waals surface area contributed by atoms with E-state index >= 15 is 0 Å². The molecule has 0 aliphatic carbocycles. The van der Waals surface area contributed by atoms with Crippen molar-refractivity contribution in [2.45, 2.75) is 6.92 Å². The second-order valence-electron chi connectivity index (χ2n) is 6.89. The van der Waals surface area contributed by atoms with Crippen LogP contribution in [0.3, 0.4) is 0 Å². The van der Waals surface area contributed by atoms with Crippen LogP contribution in [0.25, 0.3) is 39.2 Å². The van der Waals surface area contributed by atoms with Gasteiger partial charge in [0.2, 0.25) is 0 Å². The largest absolute Gasteiger partial charge is 0.497 e. The summed E-state index contributed by atoms with van der Waals surface area (Å²) in [5.41, 5.74) is 4.74. The van der Waals surface area contributed by atoms with Crippen LogP contribution in [0.2, 0.25) is 0 Å². The summed E-state index contributed by atoms with van der Waals surface area (Å²) in [6.07, 6.45) is 1.93. The fourth-order valence-electron chi connectivity index (χ4n) is 3.52. The average Bonchev–Trinajstić information content (AvgIpc) is 3.19. The third-order valence-electron chi connectivity index (χ3n) is 5.10. The summed E-state index contributed by atoms with van der Waals surface area (Å²) in [4.78, 5) is 20.7. The number of aromatic nitrogens is 4. The topological polar surface area (TPSA) is 72.3 Å². The van der Waals surface area contributed by atoms with Crippen molar-refractivity contribution in [1.82, 2.24) is 19.6 Å². The molecule has 1 N–H and O–H groups in total. The van der Waals surface area contributed by atoms with Crippen molar-refractivity contribution in [3.63, 3.8) is 0 Å². The Balaban J connectivity index is 1.65. The second-order valence-corrected chi connectivity index (χ2v) is 6.89. The molecule has 0 amide bonds. The number of fused-ring (bicyclic) bond motifs is 2. The number of para-hydroxylation sites is 1. The minimum atomic E-state index is -0.00900. The molecule has 0 fully saturated rings. The van der Waals surface area contributed by atoms with Gasteiger partial charge in [-0.2, -0.15) is 0 Å². The third-order valence-corrected chi connectivity index (χ3v) is 5.10. The third kappa shape index (κ3) is 2.86. The summed E-state index contributed by atoms with van der Waals surface area (Å²) in [7, 11) is 1.65. The van der Waals surface area contributed by atoms with Gasteiger partial charge in [0.15, 0.2) is 16.9 Å². The molecule has 0 unspecified atom stereocenters. The van der Waals surface area contributed by atoms with Crippen LogP contribution in [0.5, 0.6) is 5.75 Å². The summed E-state index contributed by atoms with van der Waals surface area (Å²) in [6.45, 7) is 1.80. The number of aromatic amines is 1. The molecule has 142 valence electrons. The zero-order valence-electron chi connectivity index (χ0n) is 16.0. The Morgan fingerprint density at radius 3 is 2.72 bits per heavy atom. The molecular formula is C23H18N4O2. The first kappa shape index (κ1) is 17.2. The van der Waals surface area contributed by atoms with Gasteiger partial charge in [0, 0.05) is 28.2 Å². The average molecular weight is 382 g/mol. The number of nitrogens with one attached hydrogen (secondary N) is 1. The van der Waals surface area contributed by atoms with E-state index in [2.05, 4.69) is 15.1 Å². The SMILES string of the molecule is COc1cccc(-c2ccc3nc(-c4[nH]c5ccccc5c(=O)c4C)nn3c2)c1. The highest BCUT2D eigenvalue weighted by Gasteiger charge is 2.14. The second kappa shape index (κ2) is 6.60. The van der Waals surface area contributed by atoms with Gasteiger partial charge in [-0.25, -0.2) is 9.50 Å². The smallest absolute Gasteiger partial charge is 0.198 e. The van der Waals surface area contributed by atoms with Gasteiger partial charge < -0.3 is 9.72 Å². The van der Waals surface area contributed by atoms with Gasteiger partial charge in [-0.05, 0) is 48.9 Å². The summed E-state index contributed by atoms with van der Waals surface area (Å²) in [6, 6.07) is 19.2. The summed E-state index contributed by atoms with van der Waals surface area (Å²) in [5, 5.41) is 5.29. The lowest BCUT2D eigenvalue weighted by atomic mass is 10.1. The number of methoxy groups -OCH3 is 1. The van der Waals surface area contributed by atoms with E-state index in [9.17, 15) is 4.79 Å². The van der Waals surface area contributed by atoms with Crippen molar-refractivity contribution in [2.24, 2.45) is 0 Å². The van der Waals surface area contributed by atoms with E-state index in [-0.39, 0.29) is 5.43 Å². The molecule has 6 heteroatoms. The molecule has 3 aromatic heterocycles. The Kier molecular flexibility index (Phi) is 3.91. The number of pyridine rings is 2. The molecule has 2 aromatic carbocycles. The fourth-order valence-corrected chi connectivity index (χ4v) is 3.52. The number of rotatable bonds is 3. The lowest BCUT2D eigenvalue weighted by Crippen LogP contribution is -2.09. The molecule has 0 radical (unpaired) electrons. The molecule has 6 nitrogen and oxygen atoms in total. The van der Waals surface area contributed by atoms with E-state index in [1.807, 2.05) is 66.9 Å². The van der Waals surface area contributed by atoms with E-state index in [1.165, 1.54) is 0 Å². The minimum Gasteiger partial charge on any atom is -0.497 e. The normalized spacial score (nSPS) is 11.2. The van der Waals surface area contributed by atoms with Crippen molar-refractivity contribution in [3.8, 4) is 28.4 Å². The Morgan fingerprint density at radius 2 is 1.86 bits per heavy atom. The Bertz CT molecular complexity index is 1430. The predicted octanol–water partition coefficient (Wildman–Crippen LogP) is 4.22. The molecule has 5 aromatic rings. The van der Waals surface area contributed by atoms with Crippen molar-refractivity contribution < 1.29 is 4.74 Å². The van der Waals surface area contributed by atoms with Crippen LogP contribution in [0.15, 0.2) is 71.7 Å². The first-order chi connectivity index (χ1) is 14.1. The van der Waals surface area contributed by atoms with Crippen LogP contribution in [0.1, 0.15) is 5.56 Å². The highest BCUT2D eigenvalue weighted by molar-refractivity contribution is 5.82. The molecule has 5 rings (SSSR count). The molecule has 0 saturated heterocycles. The van der Waals surface area contributed by atoms with E-state index in [1.54, 1.807) is 18.5 Å². The van der Waals surface area contributed by atoms with Crippen LogP contribution >= 0.6 is 0 Å². The predicted molar refractivity (Wildman–Crippen MR) is 113 cm³/mol. The van der Waals surface area contributed by atoms with E-state index in [0.717, 1.165) is 22.4 Å². The molecule has 29 heavy (non-hydrogen) atoms. The first-order valence-corrected chi connectivity index (χ1v) is 9.27. The standard InChI is InChI=1S/C23H18N4O2/c1-14-21(24-19-9-4-3-8-18(19)22(14)28)23-25-20-11-10-16(13-27(20)26-23)15-6-5-7-17(12-15)29-2/h3-13H,1-2H3,(H,24,28). The molecule has 3 heterocycles. The van der Waals surface area contributed by atoms with Crippen LogP contribution in [-0.2, 0) is 0 Å². The fraction of sp³-hybridized carbons (Fsp3) is 0.0870. The van der Waals surface area contributed by atoms with Gasteiger partial charge in [-0.3, -0.25) is 4.79 Å². The number of hydrogen-bond donors (Lipinski definition) is 1. The molecule has 0 spiro atoms. The Morgan fingerprint density at radius 1 is 1.00 bits per heavy atom. The van der Waals surface area contributed by atoms with Gasteiger partial charge in [0.25, 0.3) is 0 Å². The lowest BCUT2D eigenvalue weighted by Gasteiger charge is -2.05. The monoisotopic (exact) mass is 382 g/mol. The summed E-state index contributed by atoms with van der Waals surface area (Å²) < 4.78 is 7.05. The van der Waals surface area contributed by atoms with Crippen molar-refractivity contribution in [1.29, 1.82) is 0 Å². The van der Waals surface area contributed by atoms with Gasteiger partial charge in [0.05, 0.1) is 12.8 Å². The molecular weight excluding hydrogens is 364 g/mol. The number of H-pyrrole nitrogens is 1. The summed E-state index contributed by atoms with van der Waals surface area (Å²) in [5.74, 6) is 1.29. The quantitative estimate of drug-likeness (QED) is 0.507. The van der Waals surface area contributed by atoms with Gasteiger partial charge in [-0.15, -0.1) is 5.10 Å². The number of hydrogen-bond acceptors (Lipinski definition) is 4. The molecule has 0 atom stereocenters. The molecule has 0 aliphatic heterocycles. The molecule has 0 saturated carbocycles. The number of ether oxygens (including phenoxy) is 1. The zero-order chi connectivity index (χ0) is 20.0. The highest BCUT2D eigenvalue weighted by atomic mass is 16.5. The van der Waals surface area contributed by atoms with Gasteiger partial charge >= 0.3 is 0 Å². The Hall–Kier alpha value is -3.93. The number of benzene rings is 2. The molecule has 0 bridgehead atoms. The highest BCUT2D eigenvalue weighted by Crippen LogP contribution is 2.25. The van der Waals surface area contributed by atoms with Crippen LogP contribution < -0.4 is 10.2 Å². The number of nitrogens with zero attached hydrogens (tertiary/aromatic N) is 3. The van der Waals surface area contributed by atoms with Crippen LogP contribution in [-0.4, -0.2) is 26.7 Å². The van der Waals surface area contributed by atoms with Crippen LogP contribution in [0.4, 0.5) is 0 Å². The van der Waals surface area contributed by atoms with Crippen molar-refractivity contribution in [3.05, 3.63) is 82.6 Å².